The Kier molecular flexibility index (Phi) is 5.29. The lowest BCUT2D eigenvalue weighted by Gasteiger charge is -2.21. The SMILES string of the molecule is COc1ccc(S(=O)(=O)N(C)CC2CCN(C)C2)cc1Br. The molecule has 1 unspecified atom stereocenters. The molecule has 1 aliphatic rings. The second kappa shape index (κ2) is 6.64. The Morgan fingerprint density at radius 3 is 2.71 bits per heavy atom. The summed E-state index contributed by atoms with van der Waals surface area (Å²) >= 11 is 3.33. The van der Waals surface area contributed by atoms with Crippen LogP contribution in [-0.2, 0) is 10.0 Å². The van der Waals surface area contributed by atoms with Crippen molar-refractivity contribution in [2.75, 3.05) is 40.8 Å². The number of rotatable bonds is 5. The molecule has 0 aliphatic carbocycles. The van der Waals surface area contributed by atoms with Crippen LogP contribution in [0.5, 0.6) is 5.75 Å². The number of ether oxygens (including phenoxy) is 1. The molecule has 1 aliphatic heterocycles. The predicted octanol–water partition coefficient (Wildman–Crippen LogP) is 2.03. The normalized spacial score (nSPS) is 20.1. The highest BCUT2D eigenvalue weighted by Crippen LogP contribution is 2.29. The number of halogens is 1. The van der Waals surface area contributed by atoms with Gasteiger partial charge in [-0.25, -0.2) is 12.7 Å². The zero-order valence-electron chi connectivity index (χ0n) is 12.5. The van der Waals surface area contributed by atoms with E-state index in [1.807, 2.05) is 0 Å². The van der Waals surface area contributed by atoms with Crippen molar-refractivity contribution in [3.8, 4) is 5.75 Å². The number of hydrogen-bond acceptors (Lipinski definition) is 4. The molecule has 1 aromatic rings. The largest absolute Gasteiger partial charge is 0.496 e. The lowest BCUT2D eigenvalue weighted by molar-refractivity contribution is 0.356. The Morgan fingerprint density at radius 2 is 2.19 bits per heavy atom. The molecule has 1 atom stereocenters. The van der Waals surface area contributed by atoms with Gasteiger partial charge in [0.05, 0.1) is 16.5 Å². The maximum absolute atomic E-state index is 12.6. The molecule has 0 spiro atoms. The minimum absolute atomic E-state index is 0.282. The fourth-order valence-electron chi connectivity index (χ4n) is 2.62. The average Bonchev–Trinajstić information content (AvgIpc) is 2.83. The van der Waals surface area contributed by atoms with Crippen LogP contribution in [0.1, 0.15) is 6.42 Å². The first-order valence-electron chi connectivity index (χ1n) is 6.83. The fourth-order valence-corrected chi connectivity index (χ4v) is 4.59. The van der Waals surface area contributed by atoms with Gasteiger partial charge < -0.3 is 9.64 Å². The van der Waals surface area contributed by atoms with Gasteiger partial charge in [-0.2, -0.15) is 0 Å². The quantitative estimate of drug-likeness (QED) is 0.788. The second-order valence-corrected chi connectivity index (χ2v) is 8.40. The van der Waals surface area contributed by atoms with Gasteiger partial charge in [0.15, 0.2) is 0 Å². The molecule has 1 saturated heterocycles. The predicted molar refractivity (Wildman–Crippen MR) is 86.1 cm³/mol. The first-order valence-corrected chi connectivity index (χ1v) is 9.06. The summed E-state index contributed by atoms with van der Waals surface area (Å²) in [5.74, 6) is 1.02. The molecule has 1 fully saturated rings. The summed E-state index contributed by atoms with van der Waals surface area (Å²) in [7, 11) is 1.80. The van der Waals surface area contributed by atoms with Crippen molar-refractivity contribution in [3.05, 3.63) is 22.7 Å². The van der Waals surface area contributed by atoms with Crippen molar-refractivity contribution in [1.82, 2.24) is 9.21 Å². The van der Waals surface area contributed by atoms with Crippen LogP contribution in [0.15, 0.2) is 27.6 Å². The van der Waals surface area contributed by atoms with Crippen LogP contribution >= 0.6 is 15.9 Å². The number of sulfonamides is 1. The Hall–Kier alpha value is -0.630. The summed E-state index contributed by atoms with van der Waals surface area (Å²) in [6.45, 7) is 2.54. The Bertz CT molecular complexity index is 606. The second-order valence-electron chi connectivity index (χ2n) is 5.50. The monoisotopic (exact) mass is 376 g/mol. The minimum Gasteiger partial charge on any atom is -0.496 e. The molecule has 0 bridgehead atoms. The summed E-state index contributed by atoms with van der Waals surface area (Å²) in [6, 6.07) is 4.83. The molecule has 21 heavy (non-hydrogen) atoms. The van der Waals surface area contributed by atoms with Gasteiger partial charge in [-0.05, 0) is 60.1 Å². The van der Waals surface area contributed by atoms with E-state index >= 15 is 0 Å². The molecule has 0 radical (unpaired) electrons. The number of methoxy groups -OCH3 is 1. The summed E-state index contributed by atoms with van der Waals surface area (Å²) in [4.78, 5) is 2.51. The van der Waals surface area contributed by atoms with E-state index in [2.05, 4.69) is 27.9 Å². The van der Waals surface area contributed by atoms with Crippen molar-refractivity contribution < 1.29 is 13.2 Å². The summed E-state index contributed by atoms with van der Waals surface area (Å²) in [5, 5.41) is 0. The first kappa shape index (κ1) is 16.7. The molecular formula is C14H21BrN2O3S. The van der Waals surface area contributed by atoms with Gasteiger partial charge >= 0.3 is 0 Å². The van der Waals surface area contributed by atoms with Crippen LogP contribution in [0.25, 0.3) is 0 Å². The van der Waals surface area contributed by atoms with E-state index in [1.54, 1.807) is 32.4 Å². The molecule has 0 aromatic heterocycles. The molecular weight excluding hydrogens is 356 g/mol. The highest BCUT2D eigenvalue weighted by atomic mass is 79.9. The molecule has 5 nitrogen and oxygen atoms in total. The fraction of sp³-hybridized carbons (Fsp3) is 0.571. The van der Waals surface area contributed by atoms with Crippen molar-refractivity contribution in [3.63, 3.8) is 0 Å². The molecule has 1 aromatic carbocycles. The van der Waals surface area contributed by atoms with Gasteiger partial charge in [0.25, 0.3) is 0 Å². The van der Waals surface area contributed by atoms with E-state index in [1.165, 1.54) is 4.31 Å². The van der Waals surface area contributed by atoms with Gasteiger partial charge in [0, 0.05) is 20.1 Å². The zero-order chi connectivity index (χ0) is 15.6. The van der Waals surface area contributed by atoms with E-state index in [9.17, 15) is 8.42 Å². The van der Waals surface area contributed by atoms with Crippen LogP contribution in [0.4, 0.5) is 0 Å². The third-order valence-electron chi connectivity index (χ3n) is 3.84. The van der Waals surface area contributed by atoms with Crippen molar-refractivity contribution in [1.29, 1.82) is 0 Å². The molecule has 0 N–H and O–H groups in total. The lowest BCUT2D eigenvalue weighted by atomic mass is 10.1. The Labute approximate surface area is 135 Å². The third kappa shape index (κ3) is 3.77. The van der Waals surface area contributed by atoms with Gasteiger partial charge in [-0.3, -0.25) is 0 Å². The van der Waals surface area contributed by atoms with Gasteiger partial charge in [0.2, 0.25) is 10.0 Å². The van der Waals surface area contributed by atoms with Gasteiger partial charge in [0.1, 0.15) is 5.75 Å². The van der Waals surface area contributed by atoms with E-state index in [4.69, 9.17) is 4.74 Å². The molecule has 0 amide bonds. The summed E-state index contributed by atoms with van der Waals surface area (Å²) in [6.07, 6.45) is 1.04. The highest BCUT2D eigenvalue weighted by Gasteiger charge is 2.27. The zero-order valence-corrected chi connectivity index (χ0v) is 14.9. The van der Waals surface area contributed by atoms with Gasteiger partial charge in [-0.1, -0.05) is 0 Å². The summed E-state index contributed by atoms with van der Waals surface area (Å²) < 4.78 is 32.4. The van der Waals surface area contributed by atoms with E-state index in [0.29, 0.717) is 22.7 Å². The number of benzene rings is 1. The van der Waals surface area contributed by atoms with Crippen LogP contribution in [0.2, 0.25) is 0 Å². The first-order chi connectivity index (χ1) is 9.84. The van der Waals surface area contributed by atoms with Crippen LogP contribution in [0.3, 0.4) is 0 Å². The maximum Gasteiger partial charge on any atom is 0.242 e. The Morgan fingerprint density at radius 1 is 1.48 bits per heavy atom. The number of likely N-dealkylation sites (tertiary alicyclic amines) is 1. The average molecular weight is 377 g/mol. The van der Waals surface area contributed by atoms with Crippen molar-refractivity contribution in [2.24, 2.45) is 5.92 Å². The minimum atomic E-state index is -3.46. The van der Waals surface area contributed by atoms with Crippen LogP contribution in [0, 0.1) is 5.92 Å². The van der Waals surface area contributed by atoms with Crippen molar-refractivity contribution in [2.45, 2.75) is 11.3 Å². The van der Waals surface area contributed by atoms with E-state index < -0.39 is 10.0 Å². The molecule has 0 saturated carbocycles. The summed E-state index contributed by atoms with van der Waals surface area (Å²) in [5.41, 5.74) is 0. The molecule has 2 rings (SSSR count). The molecule has 1 heterocycles. The van der Waals surface area contributed by atoms with Crippen LogP contribution in [-0.4, -0.2) is 58.5 Å². The highest BCUT2D eigenvalue weighted by molar-refractivity contribution is 9.10. The third-order valence-corrected chi connectivity index (χ3v) is 6.27. The van der Waals surface area contributed by atoms with E-state index in [0.717, 1.165) is 19.5 Å². The smallest absolute Gasteiger partial charge is 0.242 e. The molecule has 118 valence electrons. The van der Waals surface area contributed by atoms with Gasteiger partial charge in [-0.15, -0.1) is 0 Å². The van der Waals surface area contributed by atoms with Crippen molar-refractivity contribution >= 4 is 26.0 Å². The topological polar surface area (TPSA) is 49.9 Å². The van der Waals surface area contributed by atoms with E-state index in [-0.39, 0.29) is 4.90 Å². The van der Waals surface area contributed by atoms with Crippen LogP contribution < -0.4 is 4.74 Å². The number of hydrogen-bond donors (Lipinski definition) is 0. The Balaban J connectivity index is 2.15. The molecule has 7 heteroatoms. The maximum atomic E-state index is 12.6. The lowest BCUT2D eigenvalue weighted by Crippen LogP contribution is -2.32. The standard InChI is InChI=1S/C14H21BrN2O3S/c1-16-7-6-11(9-16)10-17(2)21(18,19)12-4-5-14(20-3)13(15)8-12/h4-5,8,11H,6-7,9-10H2,1-3H3. The number of nitrogens with zero attached hydrogens (tertiary/aromatic N) is 2.